The molecule has 1 aromatic carbocycles. The number of hydrogen-bond acceptors (Lipinski definition) is 5. The lowest BCUT2D eigenvalue weighted by atomic mass is 10.2. The van der Waals surface area contributed by atoms with Crippen LogP contribution in [0.15, 0.2) is 34.2 Å². The van der Waals surface area contributed by atoms with Gasteiger partial charge in [0.1, 0.15) is 16.7 Å². The molecule has 104 valence electrons. The lowest BCUT2D eigenvalue weighted by Gasteiger charge is -2.11. The first kappa shape index (κ1) is 13.4. The van der Waals surface area contributed by atoms with Crippen molar-refractivity contribution in [1.29, 1.82) is 0 Å². The smallest absolute Gasteiger partial charge is 0.147 e. The van der Waals surface area contributed by atoms with Crippen molar-refractivity contribution < 1.29 is 0 Å². The van der Waals surface area contributed by atoms with Crippen molar-refractivity contribution in [3.63, 3.8) is 0 Å². The zero-order valence-corrected chi connectivity index (χ0v) is 12.5. The number of nitrogen functional groups attached to an aromatic ring is 1. The molecule has 0 bridgehead atoms. The van der Waals surface area contributed by atoms with Crippen LogP contribution in [0.4, 0.5) is 5.82 Å². The van der Waals surface area contributed by atoms with Crippen LogP contribution >= 0.6 is 11.8 Å². The molecule has 1 aliphatic rings. The molecule has 1 aromatic heterocycles. The van der Waals surface area contributed by atoms with Crippen molar-refractivity contribution >= 4 is 17.6 Å². The molecule has 3 N–H and O–H groups in total. The van der Waals surface area contributed by atoms with Gasteiger partial charge in [-0.2, -0.15) is 0 Å². The Hall–Kier alpha value is -1.59. The summed E-state index contributed by atoms with van der Waals surface area (Å²) in [7, 11) is 0. The zero-order chi connectivity index (χ0) is 14.1. The van der Waals surface area contributed by atoms with Gasteiger partial charge in [0.05, 0.1) is 0 Å². The van der Waals surface area contributed by atoms with Gasteiger partial charge in [0.2, 0.25) is 0 Å². The van der Waals surface area contributed by atoms with Gasteiger partial charge in [-0.15, -0.1) is 0 Å². The topological polar surface area (TPSA) is 63.8 Å². The van der Waals surface area contributed by atoms with Crippen LogP contribution in [-0.4, -0.2) is 9.97 Å². The third-order valence-electron chi connectivity index (χ3n) is 3.40. The third kappa shape index (κ3) is 2.78. The summed E-state index contributed by atoms with van der Waals surface area (Å²) in [6.07, 6.45) is 2.36. The molecular formula is C15H18N4S. The van der Waals surface area contributed by atoms with Crippen LogP contribution in [0.5, 0.6) is 0 Å². The summed E-state index contributed by atoms with van der Waals surface area (Å²) in [5.41, 5.74) is 4.95. The summed E-state index contributed by atoms with van der Waals surface area (Å²) in [6, 6.07) is 8.43. The summed E-state index contributed by atoms with van der Waals surface area (Å²) >= 11 is 1.67. The van der Waals surface area contributed by atoms with E-state index in [1.165, 1.54) is 23.3 Å². The maximum absolute atomic E-state index is 5.58. The maximum atomic E-state index is 5.58. The van der Waals surface area contributed by atoms with Crippen molar-refractivity contribution in [2.75, 3.05) is 5.43 Å². The molecule has 0 saturated heterocycles. The number of anilines is 1. The fraction of sp³-hybridized carbons (Fsp3) is 0.333. The van der Waals surface area contributed by atoms with Crippen molar-refractivity contribution in [1.82, 2.24) is 9.97 Å². The van der Waals surface area contributed by atoms with Gasteiger partial charge in [-0.05, 0) is 38.8 Å². The Labute approximate surface area is 123 Å². The maximum Gasteiger partial charge on any atom is 0.147 e. The first-order valence-corrected chi connectivity index (χ1v) is 7.58. The van der Waals surface area contributed by atoms with Crippen LogP contribution in [0.25, 0.3) is 0 Å². The van der Waals surface area contributed by atoms with E-state index in [9.17, 15) is 0 Å². The van der Waals surface area contributed by atoms with Crippen LogP contribution in [0.3, 0.4) is 0 Å². The van der Waals surface area contributed by atoms with E-state index in [2.05, 4.69) is 41.6 Å². The van der Waals surface area contributed by atoms with Gasteiger partial charge in [-0.25, -0.2) is 15.8 Å². The number of hydrogen-bond donors (Lipinski definition) is 2. The molecule has 0 spiro atoms. The second kappa shape index (κ2) is 5.42. The van der Waals surface area contributed by atoms with Crippen molar-refractivity contribution in [2.24, 2.45) is 5.84 Å². The number of aryl methyl sites for hydroxylation is 1. The summed E-state index contributed by atoms with van der Waals surface area (Å²) in [5, 5.41) is 0.987. The van der Waals surface area contributed by atoms with Crippen LogP contribution in [-0.2, 0) is 0 Å². The highest BCUT2D eigenvalue weighted by atomic mass is 32.2. The number of nitrogens with one attached hydrogen (secondary N) is 1. The van der Waals surface area contributed by atoms with Crippen molar-refractivity contribution in [3.8, 4) is 0 Å². The van der Waals surface area contributed by atoms with Crippen LogP contribution in [0.1, 0.15) is 35.7 Å². The lowest BCUT2D eigenvalue weighted by molar-refractivity contribution is 0.862. The minimum absolute atomic E-state index is 0.513. The van der Waals surface area contributed by atoms with Crippen molar-refractivity contribution in [2.45, 2.75) is 42.5 Å². The fourth-order valence-corrected chi connectivity index (χ4v) is 3.07. The Morgan fingerprint density at radius 1 is 1.25 bits per heavy atom. The SMILES string of the molecule is Cc1cccc(Sc2nc(C3CC3)nc(NN)c2C)c1. The van der Waals surface area contributed by atoms with Gasteiger partial charge in [0.15, 0.2) is 0 Å². The Kier molecular flexibility index (Phi) is 3.63. The number of nitrogens with two attached hydrogens (primary N) is 1. The quantitative estimate of drug-likeness (QED) is 0.512. The average molecular weight is 286 g/mol. The van der Waals surface area contributed by atoms with E-state index in [1.54, 1.807) is 11.8 Å². The summed E-state index contributed by atoms with van der Waals surface area (Å²) in [5.74, 6) is 7.74. The molecule has 1 saturated carbocycles. The molecule has 0 aliphatic heterocycles. The number of rotatable bonds is 4. The predicted molar refractivity (Wildman–Crippen MR) is 81.9 cm³/mol. The van der Waals surface area contributed by atoms with Gasteiger partial charge in [0.25, 0.3) is 0 Å². The molecule has 2 aromatic rings. The van der Waals surface area contributed by atoms with E-state index in [-0.39, 0.29) is 0 Å². The molecule has 3 rings (SSSR count). The number of benzene rings is 1. The first-order valence-electron chi connectivity index (χ1n) is 6.77. The number of aromatic nitrogens is 2. The monoisotopic (exact) mass is 286 g/mol. The fourth-order valence-electron chi connectivity index (χ4n) is 2.07. The van der Waals surface area contributed by atoms with Gasteiger partial charge in [0, 0.05) is 16.4 Å². The largest absolute Gasteiger partial charge is 0.308 e. The zero-order valence-electron chi connectivity index (χ0n) is 11.7. The number of nitrogens with zero attached hydrogens (tertiary/aromatic N) is 2. The molecule has 1 aliphatic carbocycles. The molecular weight excluding hydrogens is 268 g/mol. The first-order chi connectivity index (χ1) is 9.67. The van der Waals surface area contributed by atoms with Gasteiger partial charge in [-0.1, -0.05) is 29.5 Å². The highest BCUT2D eigenvalue weighted by Crippen LogP contribution is 2.40. The molecule has 1 fully saturated rings. The van der Waals surface area contributed by atoms with E-state index >= 15 is 0 Å². The van der Waals surface area contributed by atoms with E-state index in [1.807, 2.05) is 6.92 Å². The van der Waals surface area contributed by atoms with Crippen LogP contribution < -0.4 is 11.3 Å². The molecule has 0 amide bonds. The molecule has 0 radical (unpaired) electrons. The Balaban J connectivity index is 1.97. The Morgan fingerprint density at radius 3 is 2.70 bits per heavy atom. The minimum atomic E-state index is 0.513. The van der Waals surface area contributed by atoms with Crippen molar-refractivity contribution in [3.05, 3.63) is 41.2 Å². The Morgan fingerprint density at radius 2 is 2.05 bits per heavy atom. The van der Waals surface area contributed by atoms with Crippen LogP contribution in [0.2, 0.25) is 0 Å². The summed E-state index contributed by atoms with van der Waals surface area (Å²) < 4.78 is 0. The van der Waals surface area contributed by atoms with E-state index in [4.69, 9.17) is 10.8 Å². The highest BCUT2D eigenvalue weighted by molar-refractivity contribution is 7.99. The highest BCUT2D eigenvalue weighted by Gasteiger charge is 2.28. The van der Waals surface area contributed by atoms with Crippen LogP contribution in [0, 0.1) is 13.8 Å². The average Bonchev–Trinajstić information content (AvgIpc) is 3.25. The standard InChI is InChI=1S/C15H18N4S/c1-9-4-3-5-12(8-9)20-15-10(2)13(19-16)17-14(18-15)11-6-7-11/h3-5,8,11H,6-7,16H2,1-2H3,(H,17,18,19). The van der Waals surface area contributed by atoms with E-state index in [0.29, 0.717) is 5.92 Å². The lowest BCUT2D eigenvalue weighted by Crippen LogP contribution is -2.13. The van der Waals surface area contributed by atoms with Gasteiger partial charge >= 0.3 is 0 Å². The number of hydrazine groups is 1. The molecule has 1 heterocycles. The minimum Gasteiger partial charge on any atom is -0.308 e. The molecule has 5 heteroatoms. The second-order valence-electron chi connectivity index (χ2n) is 5.20. The summed E-state index contributed by atoms with van der Waals surface area (Å²) in [6.45, 7) is 4.10. The van der Waals surface area contributed by atoms with E-state index < -0.39 is 0 Å². The summed E-state index contributed by atoms with van der Waals surface area (Å²) in [4.78, 5) is 10.4. The normalized spacial score (nSPS) is 14.3. The molecule has 0 unspecified atom stereocenters. The molecule has 0 atom stereocenters. The molecule has 4 nitrogen and oxygen atoms in total. The van der Waals surface area contributed by atoms with Gasteiger partial charge in [-0.3, -0.25) is 0 Å². The van der Waals surface area contributed by atoms with E-state index in [0.717, 1.165) is 22.2 Å². The molecule has 20 heavy (non-hydrogen) atoms. The second-order valence-corrected chi connectivity index (χ2v) is 6.26. The third-order valence-corrected chi connectivity index (χ3v) is 4.48. The Bertz CT molecular complexity index is 638. The predicted octanol–water partition coefficient (Wildman–Crippen LogP) is 3.41. The van der Waals surface area contributed by atoms with Gasteiger partial charge < -0.3 is 5.43 Å².